The van der Waals surface area contributed by atoms with E-state index in [1.807, 2.05) is 0 Å². The van der Waals surface area contributed by atoms with E-state index in [1.165, 1.54) is 12.4 Å². The minimum Gasteiger partial charge on any atom is -0.477 e. The van der Waals surface area contributed by atoms with Gasteiger partial charge in [-0.15, -0.1) is 0 Å². The van der Waals surface area contributed by atoms with E-state index in [0.717, 1.165) is 28.2 Å². The Balaban J connectivity index is 1.52. The molecule has 1 saturated heterocycles. The molecule has 0 aromatic carbocycles. The molecule has 2 aromatic heterocycles. The number of hydrogen-bond donors (Lipinski definition) is 5. The smallest absolute Gasteiger partial charge is 0.353 e. The van der Waals surface area contributed by atoms with Crippen molar-refractivity contribution in [3.05, 3.63) is 28.8 Å². The van der Waals surface area contributed by atoms with Crippen molar-refractivity contribution in [1.82, 2.24) is 29.5 Å². The second-order valence-corrected chi connectivity index (χ2v) is 8.58. The van der Waals surface area contributed by atoms with Gasteiger partial charge in [-0.3, -0.25) is 14.5 Å². The third-order valence-corrected chi connectivity index (χ3v) is 6.37. The van der Waals surface area contributed by atoms with Crippen LogP contribution in [0.3, 0.4) is 0 Å². The third kappa shape index (κ3) is 3.80. The fourth-order valence-corrected chi connectivity index (χ4v) is 4.81. The maximum Gasteiger partial charge on any atom is 0.353 e. The van der Waals surface area contributed by atoms with Crippen molar-refractivity contribution in [3.8, 4) is 0 Å². The number of carbonyl (C=O) groups excluding carboxylic acids is 2. The molecule has 0 aliphatic carbocycles. The SMILES string of the molecule is Nc1ncc(SC2=C(C(=O)O)N3C(=O)C(NC(=O)/C(=N\O)c4nsc(N)n4)C3CC2)cn1. The number of nitrogens with zero attached hydrogens (tertiary/aromatic N) is 6. The lowest BCUT2D eigenvalue weighted by atomic mass is 9.86. The maximum atomic E-state index is 12.8. The van der Waals surface area contributed by atoms with Crippen LogP contribution in [0.2, 0.25) is 0 Å². The van der Waals surface area contributed by atoms with Crippen molar-refractivity contribution >= 4 is 57.9 Å². The number of nitrogens with one attached hydrogen (secondary N) is 1. The van der Waals surface area contributed by atoms with Crippen molar-refractivity contribution in [2.24, 2.45) is 5.16 Å². The number of nitrogen functional groups attached to an aromatic ring is 2. The molecule has 4 heterocycles. The number of fused-ring (bicyclic) bond motifs is 1. The topological polar surface area (TPSA) is 223 Å². The van der Waals surface area contributed by atoms with Crippen LogP contribution in [-0.2, 0) is 14.4 Å². The molecule has 0 radical (unpaired) electrons. The highest BCUT2D eigenvalue weighted by molar-refractivity contribution is 8.03. The van der Waals surface area contributed by atoms with Crippen LogP contribution >= 0.6 is 23.3 Å². The predicted molar refractivity (Wildman–Crippen MR) is 111 cm³/mol. The van der Waals surface area contributed by atoms with Crippen LogP contribution < -0.4 is 16.8 Å². The van der Waals surface area contributed by atoms with E-state index in [4.69, 9.17) is 11.5 Å². The molecule has 166 valence electrons. The lowest BCUT2D eigenvalue weighted by molar-refractivity contribution is -0.155. The Morgan fingerprint density at radius 3 is 2.62 bits per heavy atom. The Morgan fingerprint density at radius 1 is 1.31 bits per heavy atom. The van der Waals surface area contributed by atoms with Gasteiger partial charge in [-0.1, -0.05) is 16.9 Å². The minimum absolute atomic E-state index is 0.0693. The number of thioether (sulfide) groups is 1. The van der Waals surface area contributed by atoms with Gasteiger partial charge in [0.2, 0.25) is 17.5 Å². The normalized spacial score (nSPS) is 20.6. The second-order valence-electron chi connectivity index (χ2n) is 6.63. The van der Waals surface area contributed by atoms with Crippen LogP contribution in [0, 0.1) is 0 Å². The highest BCUT2D eigenvalue weighted by Crippen LogP contribution is 2.42. The first-order valence-corrected chi connectivity index (χ1v) is 10.6. The van der Waals surface area contributed by atoms with Crippen LogP contribution in [0.1, 0.15) is 18.7 Å². The lowest BCUT2D eigenvalue weighted by Crippen LogP contribution is -2.72. The van der Waals surface area contributed by atoms with Crippen molar-refractivity contribution in [2.75, 3.05) is 11.5 Å². The van der Waals surface area contributed by atoms with E-state index in [2.05, 4.69) is 29.8 Å². The molecule has 16 heteroatoms. The standard InChI is InChI=1S/C16H15N9O5S2/c17-15-19-3-5(4-20-15)31-7-2-1-6-8(13(27)25(6)10(7)14(28)29)21-12(26)9(23-30)11-22-16(18)32-24-11/h3-4,6,8,30H,1-2H2,(H,21,26)(H,28,29)(H2,17,19,20)(H2,18,22,24)/b23-9-. The number of hydrogen-bond acceptors (Lipinski definition) is 13. The number of aromatic nitrogens is 4. The van der Waals surface area contributed by atoms with Crippen LogP contribution in [0.4, 0.5) is 11.1 Å². The van der Waals surface area contributed by atoms with Crippen molar-refractivity contribution in [3.63, 3.8) is 0 Å². The molecule has 1 fully saturated rings. The number of carboxylic acids is 1. The first-order chi connectivity index (χ1) is 15.3. The zero-order chi connectivity index (χ0) is 23.0. The Morgan fingerprint density at radius 2 is 2.03 bits per heavy atom. The van der Waals surface area contributed by atoms with E-state index in [0.29, 0.717) is 22.6 Å². The van der Waals surface area contributed by atoms with Gasteiger partial charge < -0.3 is 27.1 Å². The molecule has 0 saturated carbocycles. The number of anilines is 2. The van der Waals surface area contributed by atoms with E-state index < -0.39 is 35.6 Å². The monoisotopic (exact) mass is 477 g/mol. The molecule has 14 nitrogen and oxygen atoms in total. The first-order valence-electron chi connectivity index (χ1n) is 8.97. The van der Waals surface area contributed by atoms with Crippen LogP contribution in [0.25, 0.3) is 0 Å². The van der Waals surface area contributed by atoms with Gasteiger partial charge in [0.25, 0.3) is 11.8 Å². The Labute approximate surface area is 187 Å². The molecule has 2 aliphatic rings. The van der Waals surface area contributed by atoms with Gasteiger partial charge in [-0.25, -0.2) is 14.8 Å². The number of β-lactam (4-membered cyclic amide) rings is 1. The average molecular weight is 477 g/mol. The summed E-state index contributed by atoms with van der Waals surface area (Å²) in [4.78, 5) is 50.9. The molecule has 2 aromatic rings. The molecule has 2 atom stereocenters. The summed E-state index contributed by atoms with van der Waals surface area (Å²) in [7, 11) is 0. The second kappa shape index (κ2) is 8.39. The highest BCUT2D eigenvalue weighted by Gasteiger charge is 2.53. The molecular weight excluding hydrogens is 462 g/mol. The maximum absolute atomic E-state index is 12.8. The number of carboxylic acid groups (broad SMARTS) is 1. The summed E-state index contributed by atoms with van der Waals surface area (Å²) in [6, 6.07) is -1.56. The number of amides is 2. The summed E-state index contributed by atoms with van der Waals surface area (Å²) in [5.74, 6) is -2.86. The van der Waals surface area contributed by atoms with Crippen LogP contribution in [0.5, 0.6) is 0 Å². The molecule has 4 rings (SSSR count). The predicted octanol–water partition coefficient (Wildman–Crippen LogP) is -0.751. The van der Waals surface area contributed by atoms with Gasteiger partial charge in [0.15, 0.2) is 5.13 Å². The highest BCUT2D eigenvalue weighted by atomic mass is 32.2. The van der Waals surface area contributed by atoms with Crippen LogP contribution in [-0.4, -0.2) is 70.1 Å². The third-order valence-electron chi connectivity index (χ3n) is 4.74. The lowest BCUT2D eigenvalue weighted by Gasteiger charge is -2.50. The van der Waals surface area contributed by atoms with Gasteiger partial charge in [0, 0.05) is 33.7 Å². The number of rotatable bonds is 6. The van der Waals surface area contributed by atoms with Gasteiger partial charge in [0.05, 0.1) is 6.04 Å². The summed E-state index contributed by atoms with van der Waals surface area (Å²) >= 11 is 1.94. The molecule has 2 unspecified atom stereocenters. The summed E-state index contributed by atoms with van der Waals surface area (Å²) in [6.45, 7) is 0. The van der Waals surface area contributed by atoms with Gasteiger partial charge in [-0.2, -0.15) is 9.36 Å². The molecule has 0 bridgehead atoms. The molecule has 0 spiro atoms. The quantitative estimate of drug-likeness (QED) is 0.150. The summed E-state index contributed by atoms with van der Waals surface area (Å²) in [6.07, 6.45) is 3.67. The zero-order valence-corrected chi connectivity index (χ0v) is 17.6. The molecule has 32 heavy (non-hydrogen) atoms. The van der Waals surface area contributed by atoms with E-state index >= 15 is 0 Å². The first kappa shape index (κ1) is 21.4. The Bertz CT molecular complexity index is 1160. The fourth-order valence-electron chi connectivity index (χ4n) is 3.38. The average Bonchev–Trinajstić information content (AvgIpc) is 3.19. The van der Waals surface area contributed by atoms with Gasteiger partial charge in [0.1, 0.15) is 11.7 Å². The number of nitrogens with two attached hydrogens (primary N) is 2. The summed E-state index contributed by atoms with van der Waals surface area (Å²) in [5.41, 5.74) is 10.3. The van der Waals surface area contributed by atoms with Crippen molar-refractivity contribution < 1.29 is 24.7 Å². The molecule has 7 N–H and O–H groups in total. The zero-order valence-electron chi connectivity index (χ0n) is 16.0. The Kier molecular flexibility index (Phi) is 5.62. The van der Waals surface area contributed by atoms with E-state index in [1.54, 1.807) is 0 Å². The molecular formula is C16H15N9O5S2. The summed E-state index contributed by atoms with van der Waals surface area (Å²) < 4.78 is 3.80. The Hall–Kier alpha value is -3.79. The number of carbonyl (C=O) groups is 3. The van der Waals surface area contributed by atoms with E-state index in [9.17, 15) is 24.7 Å². The molecule has 2 aliphatic heterocycles. The van der Waals surface area contributed by atoms with Crippen LogP contribution in [0.15, 0.2) is 33.0 Å². The number of oxime groups is 1. The molecule has 2 amide bonds. The number of allylic oxidation sites excluding steroid dienone is 1. The summed E-state index contributed by atoms with van der Waals surface area (Å²) in [5, 5.41) is 24.3. The van der Waals surface area contributed by atoms with E-state index in [-0.39, 0.29) is 22.6 Å². The fraction of sp³-hybridized carbons (Fsp3) is 0.250. The van der Waals surface area contributed by atoms with Gasteiger partial charge in [-0.05, 0) is 12.8 Å². The largest absolute Gasteiger partial charge is 0.477 e. The minimum atomic E-state index is -1.27. The van der Waals surface area contributed by atoms with Gasteiger partial charge >= 0.3 is 5.97 Å². The number of aliphatic carboxylic acids is 1. The van der Waals surface area contributed by atoms with Crippen molar-refractivity contribution in [2.45, 2.75) is 29.8 Å². The van der Waals surface area contributed by atoms with Crippen molar-refractivity contribution in [1.29, 1.82) is 0 Å².